The van der Waals surface area contributed by atoms with Gasteiger partial charge in [-0.2, -0.15) is 0 Å². The zero-order valence-corrected chi connectivity index (χ0v) is 24.2. The van der Waals surface area contributed by atoms with Gasteiger partial charge in [0.1, 0.15) is 0 Å². The molecule has 11 heteroatoms. The van der Waals surface area contributed by atoms with E-state index in [0.717, 1.165) is 35.8 Å². The highest BCUT2D eigenvalue weighted by Crippen LogP contribution is 2.32. The fraction of sp³-hybridized carbons (Fsp3) is 0.323. The summed E-state index contributed by atoms with van der Waals surface area (Å²) in [6.45, 7) is -0.00825. The van der Waals surface area contributed by atoms with Crippen LogP contribution in [-0.4, -0.2) is 30.5 Å². The van der Waals surface area contributed by atoms with Crippen LogP contribution in [0.15, 0.2) is 63.3 Å². The number of rotatable bonds is 8. The highest BCUT2D eigenvalue weighted by molar-refractivity contribution is 7.98. The summed E-state index contributed by atoms with van der Waals surface area (Å²) in [7, 11) is 3.21. The van der Waals surface area contributed by atoms with Crippen LogP contribution in [0.25, 0.3) is 11.2 Å². The number of hydrogen-bond acceptors (Lipinski definition) is 6. The van der Waals surface area contributed by atoms with E-state index in [0.29, 0.717) is 33.4 Å². The van der Waals surface area contributed by atoms with Gasteiger partial charge in [0.05, 0.1) is 6.54 Å². The molecular formula is C31H30N6O4S. The number of anilines is 2. The maximum atomic E-state index is 13.1. The maximum Gasteiger partial charge on any atom is 0.333 e. The molecule has 0 atom stereocenters. The minimum atomic E-state index is -0.512. The third kappa shape index (κ3) is 5.90. The van der Waals surface area contributed by atoms with Crippen molar-refractivity contribution < 1.29 is 9.59 Å². The standard InChI is InChI=1S/C31H30N6O4S/c1-35-25-26(34-30(35)42-18-19-7-4-3-5-8-19)37(31(41)36(2)29(25)40)14-6-9-20-15-23(32-27(38)21-10-11-21)17-24(16-20)33-28(39)22-12-13-22/h3-5,7-8,15-17,21-22H,10-14,18H2,1-2H3,(H,32,38)(H,33,39). The van der Waals surface area contributed by atoms with Crippen molar-refractivity contribution in [1.82, 2.24) is 18.7 Å². The van der Waals surface area contributed by atoms with E-state index in [9.17, 15) is 19.2 Å². The van der Waals surface area contributed by atoms with Gasteiger partial charge in [0.25, 0.3) is 5.56 Å². The Morgan fingerprint density at radius 3 is 2.14 bits per heavy atom. The molecule has 42 heavy (non-hydrogen) atoms. The number of thioether (sulfide) groups is 1. The molecule has 0 bridgehead atoms. The SMILES string of the molecule is Cn1c(=O)c2c(nc(SCc3ccccc3)n2C)n(CC#Cc2cc(NC(=O)C3CC3)cc(NC(=O)C3CC3)c2)c1=O. The van der Waals surface area contributed by atoms with Gasteiger partial charge in [0.2, 0.25) is 11.8 Å². The Hall–Kier alpha value is -4.56. The number of aryl methyl sites for hydroxylation is 1. The Kier molecular flexibility index (Phi) is 7.47. The second-order valence-corrected chi connectivity index (χ2v) is 11.7. The molecule has 0 unspecified atom stereocenters. The van der Waals surface area contributed by atoms with Crippen molar-refractivity contribution in [3.63, 3.8) is 0 Å². The van der Waals surface area contributed by atoms with Gasteiger partial charge in [-0.3, -0.25) is 23.5 Å². The van der Waals surface area contributed by atoms with Crippen molar-refractivity contribution in [2.45, 2.75) is 43.1 Å². The number of nitrogens with one attached hydrogen (secondary N) is 2. The summed E-state index contributed by atoms with van der Waals surface area (Å²) in [5, 5.41) is 6.47. The lowest BCUT2D eigenvalue weighted by atomic mass is 10.1. The van der Waals surface area contributed by atoms with Crippen LogP contribution < -0.4 is 21.9 Å². The van der Waals surface area contributed by atoms with Gasteiger partial charge in [0, 0.05) is 48.6 Å². The van der Waals surface area contributed by atoms with Crippen LogP contribution in [0.3, 0.4) is 0 Å². The van der Waals surface area contributed by atoms with Crippen LogP contribution in [0.4, 0.5) is 11.4 Å². The van der Waals surface area contributed by atoms with Gasteiger partial charge >= 0.3 is 5.69 Å². The molecule has 0 spiro atoms. The number of nitrogens with zero attached hydrogens (tertiary/aromatic N) is 4. The molecule has 0 saturated heterocycles. The van der Waals surface area contributed by atoms with Crippen molar-refractivity contribution in [3.05, 3.63) is 80.5 Å². The van der Waals surface area contributed by atoms with E-state index >= 15 is 0 Å². The highest BCUT2D eigenvalue weighted by atomic mass is 32.2. The molecule has 2 aromatic carbocycles. The molecule has 6 rings (SSSR count). The molecule has 4 aromatic rings. The van der Waals surface area contributed by atoms with Crippen molar-refractivity contribution in [3.8, 4) is 11.8 Å². The first-order valence-corrected chi connectivity index (χ1v) is 14.9. The van der Waals surface area contributed by atoms with Gasteiger partial charge in [-0.1, -0.05) is 53.9 Å². The second kappa shape index (κ2) is 11.4. The first kappa shape index (κ1) is 27.6. The van der Waals surface area contributed by atoms with Gasteiger partial charge in [-0.25, -0.2) is 9.78 Å². The summed E-state index contributed by atoms with van der Waals surface area (Å²) in [5.74, 6) is 6.72. The number of aromatic nitrogens is 4. The quantitative estimate of drug-likeness (QED) is 0.243. The van der Waals surface area contributed by atoms with Crippen molar-refractivity contribution in [2.75, 3.05) is 10.6 Å². The zero-order chi connectivity index (χ0) is 29.4. The van der Waals surface area contributed by atoms with E-state index in [4.69, 9.17) is 0 Å². The van der Waals surface area contributed by atoms with Gasteiger partial charge in [0.15, 0.2) is 16.3 Å². The largest absolute Gasteiger partial charge is 0.333 e. The fourth-order valence-electron chi connectivity index (χ4n) is 4.65. The van der Waals surface area contributed by atoms with Crippen molar-refractivity contribution in [1.29, 1.82) is 0 Å². The lowest BCUT2D eigenvalue weighted by Gasteiger charge is -2.10. The molecule has 0 aliphatic heterocycles. The average molecular weight is 583 g/mol. The Bertz CT molecular complexity index is 1840. The van der Waals surface area contributed by atoms with E-state index in [-0.39, 0.29) is 35.8 Å². The lowest BCUT2D eigenvalue weighted by Crippen LogP contribution is -2.38. The van der Waals surface area contributed by atoms with Crippen LogP contribution in [0.2, 0.25) is 0 Å². The number of fused-ring (bicyclic) bond motifs is 1. The first-order chi connectivity index (χ1) is 20.3. The Labute approximate surface area is 246 Å². The molecule has 2 aromatic heterocycles. The summed E-state index contributed by atoms with van der Waals surface area (Å²) >= 11 is 1.48. The number of benzene rings is 2. The summed E-state index contributed by atoms with van der Waals surface area (Å²) in [6, 6.07) is 15.2. The molecule has 2 amide bonds. The van der Waals surface area contributed by atoms with E-state index < -0.39 is 11.2 Å². The first-order valence-electron chi connectivity index (χ1n) is 13.9. The monoisotopic (exact) mass is 582 g/mol. The molecule has 2 heterocycles. The van der Waals surface area contributed by atoms with Crippen LogP contribution in [0, 0.1) is 23.7 Å². The molecule has 2 fully saturated rings. The van der Waals surface area contributed by atoms with Crippen LogP contribution in [0.1, 0.15) is 36.8 Å². The molecular weight excluding hydrogens is 552 g/mol. The number of hydrogen-bond donors (Lipinski definition) is 2. The van der Waals surface area contributed by atoms with Crippen LogP contribution in [-0.2, 0) is 36.0 Å². The molecule has 10 nitrogen and oxygen atoms in total. The molecule has 2 aliphatic carbocycles. The zero-order valence-electron chi connectivity index (χ0n) is 23.3. The molecule has 2 N–H and O–H groups in total. The smallest absolute Gasteiger partial charge is 0.326 e. The number of imidazole rings is 1. The lowest BCUT2D eigenvalue weighted by molar-refractivity contribution is -0.118. The third-order valence-electron chi connectivity index (χ3n) is 7.36. The van der Waals surface area contributed by atoms with Gasteiger partial charge < -0.3 is 15.2 Å². The Morgan fingerprint density at radius 1 is 0.929 bits per heavy atom. The number of carbonyl (C=O) groups is 2. The number of amides is 2. The summed E-state index contributed by atoms with van der Waals surface area (Å²) in [5.41, 5.74) is 2.46. The topological polar surface area (TPSA) is 120 Å². The number of carbonyl (C=O) groups excluding carboxylic acids is 2. The Balaban J connectivity index is 1.30. The summed E-state index contributed by atoms with van der Waals surface area (Å²) in [6.07, 6.45) is 3.50. The summed E-state index contributed by atoms with van der Waals surface area (Å²) < 4.78 is 4.18. The van der Waals surface area contributed by atoms with Crippen LogP contribution >= 0.6 is 11.8 Å². The second-order valence-electron chi connectivity index (χ2n) is 10.8. The van der Waals surface area contributed by atoms with E-state index in [1.54, 1.807) is 29.8 Å². The normalized spacial score (nSPS) is 14.3. The van der Waals surface area contributed by atoms with Gasteiger partial charge in [-0.15, -0.1) is 0 Å². The van der Waals surface area contributed by atoms with Crippen LogP contribution in [0.5, 0.6) is 0 Å². The average Bonchev–Trinajstić information content (AvgIpc) is 3.90. The predicted molar refractivity (Wildman–Crippen MR) is 162 cm³/mol. The minimum Gasteiger partial charge on any atom is -0.326 e. The Morgan fingerprint density at radius 2 is 1.55 bits per heavy atom. The maximum absolute atomic E-state index is 13.1. The molecule has 214 valence electrons. The third-order valence-corrected chi connectivity index (χ3v) is 8.46. The van der Waals surface area contributed by atoms with E-state index in [1.165, 1.54) is 23.4 Å². The van der Waals surface area contributed by atoms with Crippen molar-refractivity contribution >= 4 is 46.1 Å². The molecule has 2 aliphatic rings. The van der Waals surface area contributed by atoms with Crippen molar-refractivity contribution in [2.24, 2.45) is 25.9 Å². The minimum absolute atomic E-state index is 0.00825. The highest BCUT2D eigenvalue weighted by Gasteiger charge is 2.31. The molecule has 0 radical (unpaired) electrons. The summed E-state index contributed by atoms with van der Waals surface area (Å²) in [4.78, 5) is 55.7. The van der Waals surface area contributed by atoms with Gasteiger partial charge in [-0.05, 0) is 49.4 Å². The molecule has 2 saturated carbocycles. The van der Waals surface area contributed by atoms with E-state index in [1.807, 2.05) is 30.3 Å². The predicted octanol–water partition coefficient (Wildman–Crippen LogP) is 3.47. The fourth-order valence-corrected chi connectivity index (χ4v) is 5.57. The van der Waals surface area contributed by atoms with E-state index in [2.05, 4.69) is 27.5 Å².